The van der Waals surface area contributed by atoms with Crippen molar-refractivity contribution in [3.63, 3.8) is 0 Å². The van der Waals surface area contributed by atoms with Crippen molar-refractivity contribution in [2.75, 3.05) is 13.1 Å². The molecule has 1 fully saturated rings. The first kappa shape index (κ1) is 11.3. The Hall–Kier alpha value is -0.760. The van der Waals surface area contributed by atoms with Crippen LogP contribution in [0.5, 0.6) is 0 Å². The fourth-order valence-corrected chi connectivity index (χ4v) is 1.60. The zero-order valence-electron chi connectivity index (χ0n) is 7.98. The molecule has 1 aliphatic heterocycles. The van der Waals surface area contributed by atoms with Crippen molar-refractivity contribution in [1.82, 2.24) is 10.6 Å². The van der Waals surface area contributed by atoms with Gasteiger partial charge in [0.15, 0.2) is 0 Å². The quantitative estimate of drug-likeness (QED) is 0.315. The molecule has 7 nitrogen and oxygen atoms in total. The maximum absolute atomic E-state index is 10.5. The molecule has 0 aliphatic carbocycles. The van der Waals surface area contributed by atoms with Crippen LogP contribution in [0.25, 0.3) is 0 Å². The van der Waals surface area contributed by atoms with Gasteiger partial charge in [-0.25, -0.2) is 0 Å². The van der Waals surface area contributed by atoms with Crippen molar-refractivity contribution in [3.8, 4) is 0 Å². The van der Waals surface area contributed by atoms with Gasteiger partial charge in [-0.15, -0.1) is 0 Å². The maximum Gasteiger partial charge on any atom is 0.241 e. The molecule has 0 aromatic carbocycles. The second-order valence-electron chi connectivity index (χ2n) is 3.42. The van der Waals surface area contributed by atoms with E-state index in [1.54, 1.807) is 0 Å². The number of hydrogen-bond acceptors (Lipinski definition) is 6. The van der Waals surface area contributed by atoms with Gasteiger partial charge in [0.25, 0.3) is 0 Å². The molecule has 3 unspecified atom stereocenters. The molecule has 6 N–H and O–H groups in total. The predicted octanol–water partition coefficient (Wildman–Crippen LogP) is -1.83. The van der Waals surface area contributed by atoms with E-state index in [0.29, 0.717) is 25.9 Å². The van der Waals surface area contributed by atoms with Gasteiger partial charge in [0.2, 0.25) is 6.04 Å². The highest BCUT2D eigenvalue weighted by Gasteiger charge is 2.34. The number of nitrogens with zero attached hydrogens (tertiary/aromatic N) is 1. The normalized spacial score (nSPS) is 32.9. The summed E-state index contributed by atoms with van der Waals surface area (Å²) in [7, 11) is 0. The van der Waals surface area contributed by atoms with Crippen LogP contribution in [0.1, 0.15) is 12.8 Å². The summed E-state index contributed by atoms with van der Waals surface area (Å²) < 4.78 is 0. The van der Waals surface area contributed by atoms with Gasteiger partial charge in [0.05, 0.1) is 6.17 Å². The molecule has 0 bridgehead atoms. The third-order valence-electron chi connectivity index (χ3n) is 2.37. The molecule has 1 rings (SSSR count). The SMILES string of the molecule is NCCNC1CCC([N+](=O)[O-])C(N)N1. The maximum atomic E-state index is 10.5. The lowest BCUT2D eigenvalue weighted by molar-refractivity contribution is -0.530. The molecule has 82 valence electrons. The average Bonchev–Trinajstić information content (AvgIpc) is 2.14. The van der Waals surface area contributed by atoms with E-state index < -0.39 is 12.2 Å². The molecular weight excluding hydrogens is 186 g/mol. The van der Waals surface area contributed by atoms with E-state index in [1.807, 2.05) is 0 Å². The number of nitro groups is 1. The standard InChI is InChI=1S/C7H17N5O2/c8-3-4-10-6-2-1-5(12(13)14)7(9)11-6/h5-7,10-11H,1-4,8-9H2. The molecule has 14 heavy (non-hydrogen) atoms. The van der Waals surface area contributed by atoms with Crippen LogP contribution >= 0.6 is 0 Å². The molecule has 1 heterocycles. The Kier molecular flexibility index (Phi) is 4.21. The third-order valence-corrected chi connectivity index (χ3v) is 2.37. The van der Waals surface area contributed by atoms with Crippen LogP contribution < -0.4 is 22.1 Å². The van der Waals surface area contributed by atoms with Crippen LogP contribution in [0.15, 0.2) is 0 Å². The topological polar surface area (TPSA) is 119 Å². The smallest absolute Gasteiger partial charge is 0.241 e. The minimum absolute atomic E-state index is 0.0461. The first-order chi connectivity index (χ1) is 6.65. The van der Waals surface area contributed by atoms with Gasteiger partial charge < -0.3 is 16.8 Å². The molecule has 7 heteroatoms. The summed E-state index contributed by atoms with van der Waals surface area (Å²) in [6.45, 7) is 1.24. The molecule has 0 amide bonds. The number of rotatable bonds is 4. The van der Waals surface area contributed by atoms with E-state index >= 15 is 0 Å². The third kappa shape index (κ3) is 2.88. The fourth-order valence-electron chi connectivity index (χ4n) is 1.60. The van der Waals surface area contributed by atoms with E-state index in [-0.39, 0.29) is 11.1 Å². The van der Waals surface area contributed by atoms with Crippen molar-refractivity contribution in [2.24, 2.45) is 11.5 Å². The van der Waals surface area contributed by atoms with Gasteiger partial charge in [-0.05, 0) is 6.42 Å². The van der Waals surface area contributed by atoms with Gasteiger partial charge in [0.1, 0.15) is 6.17 Å². The van der Waals surface area contributed by atoms with Gasteiger partial charge in [0, 0.05) is 24.4 Å². The Labute approximate surface area is 82.4 Å². The molecule has 0 spiro atoms. The van der Waals surface area contributed by atoms with E-state index in [9.17, 15) is 10.1 Å². The summed E-state index contributed by atoms with van der Waals surface area (Å²) in [5.74, 6) is 0. The molecule has 1 saturated heterocycles. The first-order valence-electron chi connectivity index (χ1n) is 4.73. The van der Waals surface area contributed by atoms with Crippen molar-refractivity contribution < 1.29 is 4.92 Å². The Bertz CT molecular complexity index is 201. The van der Waals surface area contributed by atoms with E-state index in [1.165, 1.54) is 0 Å². The van der Waals surface area contributed by atoms with Gasteiger partial charge in [-0.3, -0.25) is 15.4 Å². The zero-order valence-corrected chi connectivity index (χ0v) is 7.98. The Morgan fingerprint density at radius 1 is 1.57 bits per heavy atom. The first-order valence-corrected chi connectivity index (χ1v) is 4.73. The van der Waals surface area contributed by atoms with Crippen LogP contribution in [-0.4, -0.2) is 36.4 Å². The summed E-state index contributed by atoms with van der Waals surface area (Å²) in [4.78, 5) is 10.2. The second-order valence-corrected chi connectivity index (χ2v) is 3.42. The van der Waals surface area contributed by atoms with Gasteiger partial charge in [-0.1, -0.05) is 0 Å². The number of nitrogens with one attached hydrogen (secondary N) is 2. The predicted molar refractivity (Wildman–Crippen MR) is 52.0 cm³/mol. The van der Waals surface area contributed by atoms with Crippen LogP contribution in [0.4, 0.5) is 0 Å². The lowest BCUT2D eigenvalue weighted by Crippen LogP contribution is -2.62. The van der Waals surface area contributed by atoms with Gasteiger partial charge in [-0.2, -0.15) is 0 Å². The highest BCUT2D eigenvalue weighted by molar-refractivity contribution is 4.82. The van der Waals surface area contributed by atoms with Gasteiger partial charge >= 0.3 is 0 Å². The number of piperidine rings is 1. The Balaban J connectivity index is 2.35. The molecule has 3 atom stereocenters. The lowest BCUT2D eigenvalue weighted by Gasteiger charge is -2.31. The molecule has 0 aromatic rings. The summed E-state index contributed by atoms with van der Waals surface area (Å²) in [5.41, 5.74) is 10.9. The molecular formula is C7H17N5O2. The van der Waals surface area contributed by atoms with E-state index in [2.05, 4.69) is 10.6 Å². The van der Waals surface area contributed by atoms with Crippen LogP contribution in [0.3, 0.4) is 0 Å². The number of hydrogen-bond donors (Lipinski definition) is 4. The lowest BCUT2D eigenvalue weighted by atomic mass is 10.0. The highest BCUT2D eigenvalue weighted by atomic mass is 16.6. The summed E-state index contributed by atoms with van der Waals surface area (Å²) >= 11 is 0. The minimum Gasteiger partial charge on any atom is -0.329 e. The number of nitrogens with two attached hydrogens (primary N) is 2. The summed E-state index contributed by atoms with van der Waals surface area (Å²) in [6, 6.07) is -0.675. The molecule has 0 radical (unpaired) electrons. The Morgan fingerprint density at radius 3 is 2.79 bits per heavy atom. The van der Waals surface area contributed by atoms with E-state index in [0.717, 1.165) is 0 Å². The Morgan fingerprint density at radius 2 is 2.29 bits per heavy atom. The largest absolute Gasteiger partial charge is 0.329 e. The highest BCUT2D eigenvalue weighted by Crippen LogP contribution is 2.11. The van der Waals surface area contributed by atoms with Crippen molar-refractivity contribution in [2.45, 2.75) is 31.2 Å². The van der Waals surface area contributed by atoms with Crippen molar-refractivity contribution in [3.05, 3.63) is 10.1 Å². The minimum atomic E-state index is -0.675. The van der Waals surface area contributed by atoms with Crippen LogP contribution in [0, 0.1) is 10.1 Å². The van der Waals surface area contributed by atoms with Crippen molar-refractivity contribution >= 4 is 0 Å². The summed E-state index contributed by atoms with van der Waals surface area (Å²) in [6.07, 6.45) is 0.682. The van der Waals surface area contributed by atoms with Crippen LogP contribution in [-0.2, 0) is 0 Å². The van der Waals surface area contributed by atoms with Crippen molar-refractivity contribution in [1.29, 1.82) is 0 Å². The fraction of sp³-hybridized carbons (Fsp3) is 1.00. The summed E-state index contributed by atoms with van der Waals surface area (Å²) in [5, 5.41) is 16.6. The zero-order chi connectivity index (χ0) is 10.6. The second kappa shape index (κ2) is 5.20. The van der Waals surface area contributed by atoms with E-state index in [4.69, 9.17) is 11.5 Å². The van der Waals surface area contributed by atoms with Crippen LogP contribution in [0.2, 0.25) is 0 Å². The molecule has 0 aromatic heterocycles. The average molecular weight is 203 g/mol. The molecule has 0 saturated carbocycles. The molecule has 1 aliphatic rings. The monoisotopic (exact) mass is 203 g/mol.